The Morgan fingerprint density at radius 2 is 1.10 bits per heavy atom. The summed E-state index contributed by atoms with van der Waals surface area (Å²) in [5.74, 6) is 2.00. The maximum absolute atomic E-state index is 14.2. The molecule has 2 aromatic heterocycles. The number of rotatable bonds is 7. The second kappa shape index (κ2) is 28.0. The number of amides is 4. The Hall–Kier alpha value is -5.69. The van der Waals surface area contributed by atoms with Gasteiger partial charge in [0.15, 0.2) is 0 Å². The number of fused-ring (bicyclic) bond motifs is 10. The largest absolute Gasteiger partial charge is 0.540 e. The van der Waals surface area contributed by atoms with Crippen LogP contribution in [0.3, 0.4) is 0 Å². The van der Waals surface area contributed by atoms with E-state index in [0.717, 1.165) is 99.5 Å². The number of alkyl carbamates (subject to hydrolysis) is 2. The van der Waals surface area contributed by atoms with E-state index in [1.165, 1.54) is 9.80 Å². The van der Waals surface area contributed by atoms with E-state index < -0.39 is 70.6 Å². The summed E-state index contributed by atoms with van der Waals surface area (Å²) in [7, 11) is 3.22. The zero-order valence-electron chi connectivity index (χ0n) is 53.9. The van der Waals surface area contributed by atoms with Crippen molar-refractivity contribution in [1.82, 2.24) is 40.4 Å². The van der Waals surface area contributed by atoms with Gasteiger partial charge in [0.25, 0.3) is 0 Å². The van der Waals surface area contributed by atoms with Gasteiger partial charge in [-0.3, -0.25) is 9.59 Å². The molecule has 4 aliphatic heterocycles. The first-order chi connectivity index (χ1) is 41.4. The van der Waals surface area contributed by atoms with Crippen LogP contribution < -0.4 is 29.6 Å². The summed E-state index contributed by atoms with van der Waals surface area (Å²) in [6.45, 7) is 19.7. The fourth-order valence-corrected chi connectivity index (χ4v) is 14.1. The van der Waals surface area contributed by atoms with Crippen LogP contribution in [0.25, 0.3) is 22.1 Å². The number of hydrogen-bond acceptors (Lipinski definition) is 16. The molecule has 3 saturated carbocycles. The van der Waals surface area contributed by atoms with Crippen molar-refractivity contribution in [2.45, 2.75) is 213 Å². The zero-order chi connectivity index (χ0) is 62.3. The van der Waals surface area contributed by atoms with Gasteiger partial charge in [0.2, 0.25) is 23.6 Å². The number of carbonyl (C=O) groups excluding carboxylic acids is 6. The Morgan fingerprint density at radius 1 is 0.618 bits per heavy atom. The normalized spacial score (nSPS) is 30.2. The average molecular weight is 1300 g/mol. The number of hydrogen-bond donors (Lipinski definition) is 2. The van der Waals surface area contributed by atoms with Gasteiger partial charge in [0.05, 0.1) is 49.4 Å². The molecule has 11 rings (SSSR count). The minimum atomic E-state index is -0.911. The van der Waals surface area contributed by atoms with Crippen molar-refractivity contribution in [3.63, 3.8) is 0 Å². The van der Waals surface area contributed by atoms with Crippen molar-refractivity contribution < 1.29 is 94.3 Å². The first kappa shape index (κ1) is 69.2. The zero-order valence-corrected chi connectivity index (χ0v) is 56.7. The molecule has 7 aliphatic rings. The van der Waals surface area contributed by atoms with E-state index in [0.29, 0.717) is 65.4 Å². The molecular formula is C67H90N8O12V2-2. The number of methoxy groups -OCH3 is 2. The summed E-state index contributed by atoms with van der Waals surface area (Å²) < 4.78 is 36.2. The fraction of sp³-hybridized carbons (Fsp3) is 0.672. The number of aromatic nitrogens is 4. The number of nitrogens with zero attached hydrogens (tertiary/aromatic N) is 6. The van der Waals surface area contributed by atoms with Crippen LogP contribution in [-0.4, -0.2) is 141 Å². The van der Waals surface area contributed by atoms with Crippen LogP contribution in [0.15, 0.2) is 36.4 Å². The third kappa shape index (κ3) is 14.8. The van der Waals surface area contributed by atoms with Crippen LogP contribution in [-0.2, 0) is 78.6 Å². The molecule has 20 nitrogen and oxygen atoms in total. The number of aryl methyl sites for hydroxylation is 2. The minimum Gasteiger partial charge on any atom is -0.540 e. The molecule has 4 bridgehead atoms. The molecule has 6 heterocycles. The molecule has 12 atom stereocenters. The molecule has 0 unspecified atom stereocenters. The Morgan fingerprint density at radius 3 is 1.57 bits per heavy atom. The van der Waals surface area contributed by atoms with E-state index in [4.69, 9.17) is 48.4 Å². The quantitative estimate of drug-likeness (QED) is 0.164. The van der Waals surface area contributed by atoms with Gasteiger partial charge in [-0.15, -0.1) is 0 Å². The molecule has 5 fully saturated rings. The van der Waals surface area contributed by atoms with E-state index in [-0.39, 0.29) is 85.7 Å². The topological polar surface area (TPSA) is 240 Å². The molecule has 22 heteroatoms. The predicted molar refractivity (Wildman–Crippen MR) is 326 cm³/mol. The molecule has 2 saturated heterocycles. The molecule has 2 N–H and O–H groups in total. The average Bonchev–Trinajstić information content (AvgIpc) is 1.61. The third-order valence-electron chi connectivity index (χ3n) is 19.7. The maximum Gasteiger partial charge on any atom is 0.408 e. The van der Waals surface area contributed by atoms with Gasteiger partial charge in [-0.2, -0.15) is 0 Å². The van der Waals surface area contributed by atoms with Gasteiger partial charge < -0.3 is 58.4 Å². The Bertz CT molecular complexity index is 3230. The third-order valence-corrected chi connectivity index (χ3v) is 19.7. The van der Waals surface area contributed by atoms with Crippen molar-refractivity contribution in [3.8, 4) is 23.3 Å². The van der Waals surface area contributed by atoms with Crippen molar-refractivity contribution in [2.75, 3.05) is 27.3 Å². The van der Waals surface area contributed by atoms with Crippen molar-refractivity contribution >= 4 is 58.6 Å². The molecule has 482 valence electrons. The van der Waals surface area contributed by atoms with Crippen LogP contribution in [0.4, 0.5) is 9.59 Å². The van der Waals surface area contributed by atoms with Gasteiger partial charge in [-0.1, -0.05) is 113 Å². The first-order valence-electron chi connectivity index (χ1n) is 31.8. The summed E-state index contributed by atoms with van der Waals surface area (Å²) in [5, 5.41) is 5.80. The smallest absolute Gasteiger partial charge is 0.408 e. The van der Waals surface area contributed by atoms with E-state index in [1.54, 1.807) is 14.2 Å². The van der Waals surface area contributed by atoms with Crippen LogP contribution in [0.1, 0.15) is 164 Å². The number of carbonyl (C=O) groups is 4. The van der Waals surface area contributed by atoms with E-state index in [9.17, 15) is 28.8 Å². The minimum absolute atomic E-state index is 0. The van der Waals surface area contributed by atoms with E-state index >= 15 is 0 Å². The molecule has 4 aromatic rings. The van der Waals surface area contributed by atoms with Crippen LogP contribution in [0.5, 0.6) is 23.3 Å². The van der Waals surface area contributed by atoms with Crippen LogP contribution in [0, 0.1) is 46.3 Å². The van der Waals surface area contributed by atoms with E-state index in [1.807, 2.05) is 91.8 Å². The molecule has 2 radical (unpaired) electrons. The van der Waals surface area contributed by atoms with Gasteiger partial charge in [0, 0.05) is 61.1 Å². The Balaban J connectivity index is 0.000000225. The molecule has 4 amide bonds. The second-order valence-electron chi connectivity index (χ2n) is 28.0. The number of benzene rings is 2. The van der Waals surface area contributed by atoms with Gasteiger partial charge in [0.1, 0.15) is 58.4 Å². The summed E-state index contributed by atoms with van der Waals surface area (Å²) in [6.07, 6.45) is 15.7. The summed E-state index contributed by atoms with van der Waals surface area (Å²) >= 11 is 0. The van der Waals surface area contributed by atoms with Gasteiger partial charge in [-0.25, -0.2) is 42.1 Å². The SMILES string of the molecule is CC[C@@H]1[C@@H]2CN(C(=O)[C@H](C(C)(C)C)NC(=O)O[C@]3(C(C)C)C[C@H]3CCCCCc3nc4ccc(OC)cc4nc3O2)[C@@H]1[C-]=O.COc1ccc2nc3c(nc2c1)O[C@H]1CN(C(=O)[C@H](C(C)(C)C)NC(=O)O[C@]2(C4CC4)C[C@H]2CCCCC3)[C@H]([C-]=O)[C@@H]1C.[V].[V]. The number of nitrogens with one attached hydrogen (secondary N) is 2. The van der Waals surface area contributed by atoms with E-state index in [2.05, 4.69) is 37.1 Å². The second-order valence-corrected chi connectivity index (χ2v) is 28.0. The van der Waals surface area contributed by atoms with Crippen molar-refractivity contribution in [1.29, 1.82) is 0 Å². The van der Waals surface area contributed by atoms with Crippen molar-refractivity contribution in [3.05, 3.63) is 47.8 Å². The molecule has 89 heavy (non-hydrogen) atoms. The summed E-state index contributed by atoms with van der Waals surface area (Å²) in [4.78, 5) is 102. The molecular weight excluding hydrogens is 1210 g/mol. The molecule has 2 aromatic carbocycles. The summed E-state index contributed by atoms with van der Waals surface area (Å²) in [5.41, 5.74) is 2.13. The Labute approximate surface area is 548 Å². The standard InChI is InChI=1S/C34H47N4O6.C33H43N4O6.2V/c1-8-23-27(19-39)38-18-28(23)43-30-25(35-24-15-14-22(42-7)16-26(24)36-30)13-11-9-10-12-21-17-34(21,20(2)3)44-32(41)37-29(31(38)40)33(4,5)6;1-19-26(18-38)37-17-27(19)42-29-24(34-23-14-13-22(41-5)15-25(23)35-29)10-8-6-7-9-21-16-33(21,20-11-12-20)43-31(40)36-28(30(37)39)32(2,3)4;;/h14-16,20-21,23,27-29H,8-13,17-18H2,1-7H3,(H,37,41);13-15,19-21,26-28H,6-12,16-17H2,1-5H3,(H,36,40);;/q2*-1;;/t21-,23+,27-,28+,29-,34+;19-,21+,26+,27-,28+,33-;;/m10../s1. The first-order valence-corrected chi connectivity index (χ1v) is 31.8. The molecule has 0 spiro atoms. The Kier molecular flexibility index (Phi) is 21.8. The fourth-order valence-electron chi connectivity index (χ4n) is 14.1. The predicted octanol–water partition coefficient (Wildman–Crippen LogP) is 10.2. The molecule has 3 aliphatic carbocycles. The van der Waals surface area contributed by atoms with Gasteiger partial charge >= 0.3 is 12.2 Å². The van der Waals surface area contributed by atoms with Gasteiger partial charge in [-0.05, 0) is 123 Å². The van der Waals surface area contributed by atoms with Crippen molar-refractivity contribution in [2.24, 2.45) is 46.3 Å². The van der Waals surface area contributed by atoms with Crippen LogP contribution in [0.2, 0.25) is 0 Å². The monoisotopic (exact) mass is 1300 g/mol. The van der Waals surface area contributed by atoms with Crippen LogP contribution >= 0.6 is 0 Å². The number of ether oxygens (including phenoxy) is 6. The summed E-state index contributed by atoms with van der Waals surface area (Å²) in [6, 6.07) is 7.73. The maximum atomic E-state index is 14.2.